The molecule has 0 spiro atoms. The van der Waals surface area contributed by atoms with E-state index in [4.69, 9.17) is 16.0 Å². The summed E-state index contributed by atoms with van der Waals surface area (Å²) in [6.45, 7) is 2.78. The van der Waals surface area contributed by atoms with Gasteiger partial charge in [-0.2, -0.15) is 0 Å². The third kappa shape index (κ3) is 2.72. The Morgan fingerprint density at radius 3 is 2.65 bits per heavy atom. The summed E-state index contributed by atoms with van der Waals surface area (Å²) in [5.74, 6) is 0.935. The minimum Gasteiger partial charge on any atom is -0.460 e. The van der Waals surface area contributed by atoms with Crippen LogP contribution in [0, 0.1) is 0 Å². The minimum atomic E-state index is 0.178. The first-order valence-electron chi connectivity index (χ1n) is 6.69. The first-order valence-corrected chi connectivity index (χ1v) is 7.07. The van der Waals surface area contributed by atoms with E-state index in [1.807, 2.05) is 42.5 Å². The van der Waals surface area contributed by atoms with Crippen LogP contribution in [0.2, 0.25) is 5.02 Å². The largest absolute Gasteiger partial charge is 0.460 e. The van der Waals surface area contributed by atoms with Crippen LogP contribution in [0.15, 0.2) is 59.0 Å². The Labute approximate surface area is 123 Å². The summed E-state index contributed by atoms with van der Waals surface area (Å²) in [4.78, 5) is 0. The summed E-state index contributed by atoms with van der Waals surface area (Å²) >= 11 is 6.20. The van der Waals surface area contributed by atoms with Gasteiger partial charge < -0.3 is 9.73 Å². The lowest BCUT2D eigenvalue weighted by Gasteiger charge is -2.14. The SMILES string of the molecule is CC(NCc1cc2ccccc2o1)c1ccccc1Cl. The summed E-state index contributed by atoms with van der Waals surface area (Å²) in [5, 5.41) is 5.36. The van der Waals surface area contributed by atoms with Gasteiger partial charge in [0.25, 0.3) is 0 Å². The molecule has 3 rings (SSSR count). The molecule has 102 valence electrons. The topological polar surface area (TPSA) is 25.2 Å². The zero-order valence-electron chi connectivity index (χ0n) is 11.3. The van der Waals surface area contributed by atoms with Crippen LogP contribution < -0.4 is 5.32 Å². The second kappa shape index (κ2) is 5.70. The van der Waals surface area contributed by atoms with E-state index in [0.29, 0.717) is 6.54 Å². The molecule has 0 aliphatic carbocycles. The lowest BCUT2D eigenvalue weighted by atomic mass is 10.1. The van der Waals surface area contributed by atoms with Crippen LogP contribution in [0.3, 0.4) is 0 Å². The highest BCUT2D eigenvalue weighted by molar-refractivity contribution is 6.31. The Morgan fingerprint density at radius 2 is 1.85 bits per heavy atom. The van der Waals surface area contributed by atoms with E-state index in [-0.39, 0.29) is 6.04 Å². The van der Waals surface area contributed by atoms with Crippen molar-refractivity contribution in [1.29, 1.82) is 0 Å². The molecule has 0 bridgehead atoms. The van der Waals surface area contributed by atoms with Gasteiger partial charge in [-0.15, -0.1) is 0 Å². The predicted octanol–water partition coefficient (Wildman–Crippen LogP) is 4.94. The Bertz CT molecular complexity index is 687. The number of hydrogen-bond donors (Lipinski definition) is 1. The molecule has 2 nitrogen and oxygen atoms in total. The van der Waals surface area contributed by atoms with Crippen LogP contribution in [0.5, 0.6) is 0 Å². The fraction of sp³-hybridized carbons (Fsp3) is 0.176. The van der Waals surface area contributed by atoms with Gasteiger partial charge in [0.05, 0.1) is 6.54 Å². The molecule has 20 heavy (non-hydrogen) atoms. The first kappa shape index (κ1) is 13.2. The summed E-state index contributed by atoms with van der Waals surface area (Å²) < 4.78 is 5.79. The zero-order chi connectivity index (χ0) is 13.9. The second-order valence-electron chi connectivity index (χ2n) is 4.87. The van der Waals surface area contributed by atoms with Gasteiger partial charge in [-0.1, -0.05) is 48.0 Å². The molecule has 3 aromatic rings. The molecule has 3 heteroatoms. The molecular weight excluding hydrogens is 270 g/mol. The van der Waals surface area contributed by atoms with Crippen molar-refractivity contribution in [3.8, 4) is 0 Å². The fourth-order valence-corrected chi connectivity index (χ4v) is 2.61. The maximum Gasteiger partial charge on any atom is 0.134 e. The number of benzene rings is 2. The highest BCUT2D eigenvalue weighted by Crippen LogP contribution is 2.23. The Balaban J connectivity index is 1.71. The predicted molar refractivity (Wildman–Crippen MR) is 82.9 cm³/mol. The van der Waals surface area contributed by atoms with E-state index in [1.54, 1.807) is 0 Å². The van der Waals surface area contributed by atoms with Crippen LogP contribution in [-0.4, -0.2) is 0 Å². The molecule has 2 aromatic carbocycles. The van der Waals surface area contributed by atoms with Gasteiger partial charge in [-0.3, -0.25) is 0 Å². The number of furan rings is 1. The molecule has 1 heterocycles. The van der Waals surface area contributed by atoms with Gasteiger partial charge in [0, 0.05) is 16.5 Å². The van der Waals surface area contributed by atoms with Crippen molar-refractivity contribution in [3.63, 3.8) is 0 Å². The van der Waals surface area contributed by atoms with E-state index >= 15 is 0 Å². The van der Waals surface area contributed by atoms with Crippen LogP contribution in [0.1, 0.15) is 24.3 Å². The van der Waals surface area contributed by atoms with Crippen molar-refractivity contribution >= 4 is 22.6 Å². The van der Waals surface area contributed by atoms with Crippen LogP contribution >= 0.6 is 11.6 Å². The average Bonchev–Trinajstić information content (AvgIpc) is 2.88. The number of para-hydroxylation sites is 1. The fourth-order valence-electron chi connectivity index (χ4n) is 2.31. The third-order valence-corrected chi connectivity index (χ3v) is 3.77. The van der Waals surface area contributed by atoms with Gasteiger partial charge in [0.15, 0.2) is 0 Å². The van der Waals surface area contributed by atoms with Crippen molar-refractivity contribution in [2.75, 3.05) is 0 Å². The van der Waals surface area contributed by atoms with E-state index in [0.717, 1.165) is 27.3 Å². The van der Waals surface area contributed by atoms with Crippen molar-refractivity contribution in [2.24, 2.45) is 0 Å². The van der Waals surface area contributed by atoms with Gasteiger partial charge in [0.2, 0.25) is 0 Å². The van der Waals surface area contributed by atoms with E-state index in [2.05, 4.69) is 24.4 Å². The molecule has 1 unspecified atom stereocenters. The summed E-state index contributed by atoms with van der Waals surface area (Å²) in [6.07, 6.45) is 0. The number of fused-ring (bicyclic) bond motifs is 1. The summed E-state index contributed by atoms with van der Waals surface area (Å²) in [7, 11) is 0. The molecule has 1 atom stereocenters. The zero-order valence-corrected chi connectivity index (χ0v) is 12.0. The van der Waals surface area contributed by atoms with Crippen molar-refractivity contribution in [2.45, 2.75) is 19.5 Å². The molecule has 0 saturated heterocycles. The lowest BCUT2D eigenvalue weighted by Crippen LogP contribution is -2.18. The quantitative estimate of drug-likeness (QED) is 0.735. The number of hydrogen-bond acceptors (Lipinski definition) is 2. The minimum absolute atomic E-state index is 0.178. The Hall–Kier alpha value is -1.77. The molecule has 0 aliphatic rings. The Kier molecular flexibility index (Phi) is 3.77. The standard InChI is InChI=1S/C17H16ClNO/c1-12(15-7-3-4-8-16(15)18)19-11-14-10-13-6-2-5-9-17(13)20-14/h2-10,12,19H,11H2,1H3. The lowest BCUT2D eigenvalue weighted by molar-refractivity contribution is 0.482. The summed E-state index contributed by atoms with van der Waals surface area (Å²) in [5.41, 5.74) is 2.03. The molecule has 1 aromatic heterocycles. The molecule has 0 amide bonds. The molecule has 0 saturated carbocycles. The second-order valence-corrected chi connectivity index (χ2v) is 5.28. The third-order valence-electron chi connectivity index (χ3n) is 3.43. The highest BCUT2D eigenvalue weighted by atomic mass is 35.5. The van der Waals surface area contributed by atoms with E-state index in [1.165, 1.54) is 0 Å². The number of rotatable bonds is 4. The molecule has 0 radical (unpaired) electrons. The van der Waals surface area contributed by atoms with Crippen LogP contribution in [-0.2, 0) is 6.54 Å². The van der Waals surface area contributed by atoms with Gasteiger partial charge >= 0.3 is 0 Å². The molecule has 0 fully saturated rings. The van der Waals surface area contributed by atoms with Gasteiger partial charge in [0.1, 0.15) is 11.3 Å². The van der Waals surface area contributed by atoms with Crippen molar-refractivity contribution in [1.82, 2.24) is 5.32 Å². The molecule has 1 N–H and O–H groups in total. The van der Waals surface area contributed by atoms with E-state index < -0.39 is 0 Å². The van der Waals surface area contributed by atoms with Crippen LogP contribution in [0.25, 0.3) is 11.0 Å². The van der Waals surface area contributed by atoms with Crippen molar-refractivity contribution in [3.05, 3.63) is 70.9 Å². The van der Waals surface area contributed by atoms with Crippen LogP contribution in [0.4, 0.5) is 0 Å². The monoisotopic (exact) mass is 285 g/mol. The number of nitrogens with one attached hydrogen (secondary N) is 1. The molecule has 0 aliphatic heterocycles. The maximum atomic E-state index is 6.20. The van der Waals surface area contributed by atoms with E-state index in [9.17, 15) is 0 Å². The smallest absolute Gasteiger partial charge is 0.134 e. The average molecular weight is 286 g/mol. The normalized spacial score (nSPS) is 12.7. The Morgan fingerprint density at radius 1 is 1.10 bits per heavy atom. The van der Waals surface area contributed by atoms with Gasteiger partial charge in [-0.05, 0) is 30.7 Å². The molecular formula is C17H16ClNO. The number of halogens is 1. The first-order chi connectivity index (χ1) is 9.74. The van der Waals surface area contributed by atoms with Crippen molar-refractivity contribution < 1.29 is 4.42 Å². The maximum absolute atomic E-state index is 6.20. The highest BCUT2D eigenvalue weighted by Gasteiger charge is 2.10. The summed E-state index contributed by atoms with van der Waals surface area (Å²) in [6, 6.07) is 18.2. The van der Waals surface area contributed by atoms with Gasteiger partial charge in [-0.25, -0.2) is 0 Å².